The van der Waals surface area contributed by atoms with Gasteiger partial charge in [0.1, 0.15) is 11.7 Å². The molecule has 6 nitrogen and oxygen atoms in total. The van der Waals surface area contributed by atoms with Crippen molar-refractivity contribution in [3.05, 3.63) is 70.4 Å². The third-order valence-electron chi connectivity index (χ3n) is 4.81. The minimum absolute atomic E-state index is 0.239. The number of aromatic amines is 1. The minimum atomic E-state index is -0.239. The fraction of sp³-hybridized carbons (Fsp3) is 0.100. The number of hydrogen-bond donors (Lipinski definition) is 1. The van der Waals surface area contributed by atoms with Crippen LogP contribution in [0.5, 0.6) is 0 Å². The highest BCUT2D eigenvalue weighted by molar-refractivity contribution is 5.97. The van der Waals surface area contributed by atoms with Crippen LogP contribution in [0.4, 0.5) is 0 Å². The van der Waals surface area contributed by atoms with E-state index < -0.39 is 0 Å². The second-order valence-electron chi connectivity index (χ2n) is 6.43. The van der Waals surface area contributed by atoms with Crippen LogP contribution < -0.4 is 5.56 Å². The molecule has 2 aromatic carbocycles. The van der Waals surface area contributed by atoms with Gasteiger partial charge in [-0.15, -0.1) is 0 Å². The molecular formula is C20H15N5O. The normalized spacial score (nSPS) is 11.6. The van der Waals surface area contributed by atoms with Crippen LogP contribution in [0.15, 0.2) is 53.7 Å². The largest absolute Gasteiger partial charge is 0.291 e. The Bertz CT molecular complexity index is 1360. The van der Waals surface area contributed by atoms with E-state index in [2.05, 4.69) is 53.1 Å². The monoisotopic (exact) mass is 341 g/mol. The van der Waals surface area contributed by atoms with Crippen molar-refractivity contribution in [3.8, 4) is 11.1 Å². The van der Waals surface area contributed by atoms with Crippen LogP contribution in [0.25, 0.3) is 39.0 Å². The highest BCUT2D eigenvalue weighted by Gasteiger charge is 2.16. The fourth-order valence-corrected chi connectivity index (χ4v) is 3.67. The van der Waals surface area contributed by atoms with Crippen molar-refractivity contribution in [2.75, 3.05) is 0 Å². The molecule has 0 saturated carbocycles. The molecule has 5 rings (SSSR count). The van der Waals surface area contributed by atoms with E-state index in [4.69, 9.17) is 4.98 Å². The number of imidazole rings is 1. The Balaban J connectivity index is 2.00. The Hall–Kier alpha value is -3.54. The van der Waals surface area contributed by atoms with Gasteiger partial charge in [-0.2, -0.15) is 0 Å². The molecule has 0 spiro atoms. The first kappa shape index (κ1) is 14.8. The van der Waals surface area contributed by atoms with Gasteiger partial charge < -0.3 is 0 Å². The molecule has 0 aliphatic heterocycles. The van der Waals surface area contributed by atoms with Crippen LogP contribution in [0.2, 0.25) is 0 Å². The summed E-state index contributed by atoms with van der Waals surface area (Å²) in [4.78, 5) is 28.2. The van der Waals surface area contributed by atoms with Crippen LogP contribution in [-0.4, -0.2) is 24.3 Å². The maximum atomic E-state index is 12.3. The van der Waals surface area contributed by atoms with Gasteiger partial charge in [0.05, 0.1) is 11.0 Å². The first-order valence-corrected chi connectivity index (χ1v) is 8.35. The van der Waals surface area contributed by atoms with Crippen LogP contribution in [0.3, 0.4) is 0 Å². The number of hydrogen-bond acceptors (Lipinski definition) is 4. The molecule has 0 aliphatic rings. The van der Waals surface area contributed by atoms with Gasteiger partial charge in [-0.05, 0) is 36.6 Å². The predicted octanol–water partition coefficient (Wildman–Crippen LogP) is 3.40. The topological polar surface area (TPSA) is 75.9 Å². The number of fused-ring (bicyclic) bond motifs is 5. The van der Waals surface area contributed by atoms with Crippen LogP contribution >= 0.6 is 0 Å². The molecule has 6 heteroatoms. The number of aryl methyl sites for hydroxylation is 2. The number of para-hydroxylation sites is 1. The summed E-state index contributed by atoms with van der Waals surface area (Å²) >= 11 is 0. The number of nitrogens with zero attached hydrogens (tertiary/aromatic N) is 4. The molecule has 3 heterocycles. The van der Waals surface area contributed by atoms with Crippen LogP contribution in [0, 0.1) is 13.8 Å². The van der Waals surface area contributed by atoms with Crippen molar-refractivity contribution >= 4 is 27.8 Å². The Morgan fingerprint density at radius 2 is 1.81 bits per heavy atom. The highest BCUT2D eigenvalue weighted by atomic mass is 16.1. The van der Waals surface area contributed by atoms with Gasteiger partial charge in [0.25, 0.3) is 5.56 Å². The Labute approximate surface area is 148 Å². The molecule has 1 N–H and O–H groups in total. The summed E-state index contributed by atoms with van der Waals surface area (Å²) in [7, 11) is 0. The zero-order chi connectivity index (χ0) is 17.8. The van der Waals surface area contributed by atoms with E-state index in [0.29, 0.717) is 16.8 Å². The van der Waals surface area contributed by atoms with Crippen molar-refractivity contribution in [1.82, 2.24) is 24.3 Å². The fourth-order valence-electron chi connectivity index (χ4n) is 3.67. The molecule has 0 aliphatic carbocycles. The maximum absolute atomic E-state index is 12.3. The highest BCUT2D eigenvalue weighted by Crippen LogP contribution is 2.33. The van der Waals surface area contributed by atoms with E-state index in [1.165, 1.54) is 29.2 Å². The number of rotatable bonds is 1. The lowest BCUT2D eigenvalue weighted by atomic mass is 9.95. The summed E-state index contributed by atoms with van der Waals surface area (Å²) in [6, 6.07) is 12.3. The first-order valence-electron chi connectivity index (χ1n) is 8.35. The van der Waals surface area contributed by atoms with Gasteiger partial charge in [-0.3, -0.25) is 14.2 Å². The molecule has 0 fully saturated rings. The van der Waals surface area contributed by atoms with Gasteiger partial charge in [0.2, 0.25) is 5.78 Å². The average Bonchev–Trinajstić information content (AvgIpc) is 3.01. The quantitative estimate of drug-likeness (QED) is 0.507. The molecule has 5 aromatic rings. The minimum Gasteiger partial charge on any atom is -0.291 e. The van der Waals surface area contributed by atoms with E-state index in [1.807, 2.05) is 16.5 Å². The van der Waals surface area contributed by atoms with Gasteiger partial charge in [-0.1, -0.05) is 30.3 Å². The molecule has 0 atom stereocenters. The Morgan fingerprint density at radius 3 is 2.62 bits per heavy atom. The van der Waals surface area contributed by atoms with Crippen LogP contribution in [0.1, 0.15) is 11.1 Å². The summed E-state index contributed by atoms with van der Waals surface area (Å²) in [6.07, 6.45) is 2.98. The molecule has 0 saturated heterocycles. The molecule has 126 valence electrons. The number of nitrogens with one attached hydrogen (secondary N) is 1. The van der Waals surface area contributed by atoms with Crippen LogP contribution in [-0.2, 0) is 0 Å². The molecule has 26 heavy (non-hydrogen) atoms. The number of H-pyrrole nitrogens is 1. The Morgan fingerprint density at radius 1 is 1.04 bits per heavy atom. The van der Waals surface area contributed by atoms with Crippen molar-refractivity contribution in [2.45, 2.75) is 13.8 Å². The smallest absolute Gasteiger partial charge is 0.263 e. The molecule has 0 amide bonds. The van der Waals surface area contributed by atoms with E-state index in [1.54, 1.807) is 0 Å². The summed E-state index contributed by atoms with van der Waals surface area (Å²) in [5.41, 5.74) is 6.65. The lowest BCUT2D eigenvalue weighted by molar-refractivity contribution is 1.09. The lowest BCUT2D eigenvalue weighted by Crippen LogP contribution is -2.11. The SMILES string of the molecule is Cc1cccc(C)c1-c1cccc2c1nc1[nH]c(=O)c3cncnc3n12. The van der Waals surface area contributed by atoms with Gasteiger partial charge in [0, 0.05) is 11.8 Å². The van der Waals surface area contributed by atoms with E-state index in [0.717, 1.165) is 16.6 Å². The third kappa shape index (κ3) is 1.92. The number of benzene rings is 2. The zero-order valence-electron chi connectivity index (χ0n) is 14.3. The molecule has 0 radical (unpaired) electrons. The second-order valence-corrected chi connectivity index (χ2v) is 6.43. The van der Waals surface area contributed by atoms with E-state index >= 15 is 0 Å². The summed E-state index contributed by atoms with van der Waals surface area (Å²) in [6.45, 7) is 4.20. The van der Waals surface area contributed by atoms with E-state index in [-0.39, 0.29) is 5.56 Å². The summed E-state index contributed by atoms with van der Waals surface area (Å²) < 4.78 is 1.88. The van der Waals surface area contributed by atoms with Gasteiger partial charge in [-0.25, -0.2) is 15.0 Å². The van der Waals surface area contributed by atoms with Crippen molar-refractivity contribution < 1.29 is 0 Å². The van der Waals surface area contributed by atoms with Crippen molar-refractivity contribution in [1.29, 1.82) is 0 Å². The second kappa shape index (κ2) is 5.23. The van der Waals surface area contributed by atoms with Crippen molar-refractivity contribution in [3.63, 3.8) is 0 Å². The van der Waals surface area contributed by atoms with Gasteiger partial charge >= 0.3 is 0 Å². The number of aromatic nitrogens is 5. The summed E-state index contributed by atoms with van der Waals surface area (Å²) in [5.74, 6) is 0.481. The molecular weight excluding hydrogens is 326 g/mol. The predicted molar refractivity (Wildman–Crippen MR) is 101 cm³/mol. The Kier molecular flexibility index (Phi) is 2.97. The summed E-state index contributed by atoms with van der Waals surface area (Å²) in [5, 5.41) is 0.441. The standard InChI is InChI=1S/C20H15N5O/c1-11-5-3-6-12(2)16(11)13-7-4-8-15-17(13)23-20-24-19(26)14-9-21-10-22-18(14)25(15)20/h3-10H,1-2H3,(H,23,24,26). The third-order valence-corrected chi connectivity index (χ3v) is 4.81. The lowest BCUT2D eigenvalue weighted by Gasteiger charge is -2.10. The zero-order valence-corrected chi connectivity index (χ0v) is 14.3. The molecule has 0 bridgehead atoms. The average molecular weight is 341 g/mol. The van der Waals surface area contributed by atoms with E-state index in [9.17, 15) is 4.79 Å². The first-order chi connectivity index (χ1) is 12.6. The van der Waals surface area contributed by atoms with Gasteiger partial charge in [0.15, 0.2) is 5.65 Å². The van der Waals surface area contributed by atoms with Crippen molar-refractivity contribution in [2.24, 2.45) is 0 Å². The molecule has 0 unspecified atom stereocenters. The molecule has 3 aromatic heterocycles. The maximum Gasteiger partial charge on any atom is 0.263 e.